The standard InChI is InChI=1S/C15H15N3O2/c1-10-15(20)18(7-6-14(19)17-10)12-8-11-4-2-3-5-13(11)16-9-12/h2-5,8-10H,6-7H2,1H3,(H,17,19). The summed E-state index contributed by atoms with van der Waals surface area (Å²) in [7, 11) is 0. The summed E-state index contributed by atoms with van der Waals surface area (Å²) in [6, 6.07) is 9.18. The van der Waals surface area contributed by atoms with Crippen LogP contribution in [0.25, 0.3) is 10.9 Å². The predicted molar refractivity (Wildman–Crippen MR) is 76.3 cm³/mol. The summed E-state index contributed by atoms with van der Waals surface area (Å²) >= 11 is 0. The molecule has 0 bridgehead atoms. The fourth-order valence-electron chi connectivity index (χ4n) is 2.40. The first-order chi connectivity index (χ1) is 9.65. The molecule has 5 nitrogen and oxygen atoms in total. The third-order valence-corrected chi connectivity index (χ3v) is 3.46. The molecule has 1 aromatic heterocycles. The molecule has 1 N–H and O–H groups in total. The van der Waals surface area contributed by atoms with Gasteiger partial charge < -0.3 is 10.2 Å². The Labute approximate surface area is 116 Å². The summed E-state index contributed by atoms with van der Waals surface area (Å²) in [6.45, 7) is 2.09. The van der Waals surface area contributed by atoms with Crippen LogP contribution in [0.4, 0.5) is 5.69 Å². The van der Waals surface area contributed by atoms with Crippen molar-refractivity contribution in [2.45, 2.75) is 19.4 Å². The van der Waals surface area contributed by atoms with Crippen LogP contribution in [0.15, 0.2) is 36.5 Å². The molecule has 1 saturated heterocycles. The molecule has 1 aliphatic heterocycles. The first-order valence-corrected chi connectivity index (χ1v) is 6.61. The van der Waals surface area contributed by atoms with Crippen LogP contribution in [0.1, 0.15) is 13.3 Å². The topological polar surface area (TPSA) is 62.3 Å². The lowest BCUT2D eigenvalue weighted by Gasteiger charge is -2.22. The van der Waals surface area contributed by atoms with E-state index in [1.807, 2.05) is 30.3 Å². The van der Waals surface area contributed by atoms with Crippen molar-refractivity contribution in [3.8, 4) is 0 Å². The molecule has 3 rings (SSSR count). The van der Waals surface area contributed by atoms with Gasteiger partial charge >= 0.3 is 0 Å². The van der Waals surface area contributed by atoms with Crippen LogP contribution in [0.2, 0.25) is 0 Å². The highest BCUT2D eigenvalue weighted by molar-refractivity contribution is 6.01. The van der Waals surface area contributed by atoms with Crippen LogP contribution >= 0.6 is 0 Å². The van der Waals surface area contributed by atoms with Crippen molar-refractivity contribution in [3.63, 3.8) is 0 Å². The molecular formula is C15H15N3O2. The SMILES string of the molecule is CC1NC(=O)CCN(c2cnc3ccccc3c2)C1=O. The predicted octanol–water partition coefficient (Wildman–Crippen LogP) is 1.48. The highest BCUT2D eigenvalue weighted by Crippen LogP contribution is 2.21. The van der Waals surface area contributed by atoms with Crippen molar-refractivity contribution in [1.29, 1.82) is 0 Å². The molecular weight excluding hydrogens is 254 g/mol. The number of carbonyl (C=O) groups is 2. The lowest BCUT2D eigenvalue weighted by Crippen LogP contribution is -2.42. The number of aromatic nitrogens is 1. The summed E-state index contributed by atoms with van der Waals surface area (Å²) in [5.41, 5.74) is 1.62. The summed E-state index contributed by atoms with van der Waals surface area (Å²) in [5.74, 6) is -0.199. The highest BCUT2D eigenvalue weighted by atomic mass is 16.2. The van der Waals surface area contributed by atoms with Gasteiger partial charge in [-0.15, -0.1) is 0 Å². The first kappa shape index (κ1) is 12.6. The maximum Gasteiger partial charge on any atom is 0.249 e. The molecule has 5 heteroatoms. The zero-order valence-corrected chi connectivity index (χ0v) is 11.2. The average Bonchev–Trinajstić information content (AvgIpc) is 2.58. The van der Waals surface area contributed by atoms with Crippen LogP contribution in [-0.4, -0.2) is 29.4 Å². The Balaban J connectivity index is 2.00. The van der Waals surface area contributed by atoms with Crippen molar-refractivity contribution in [2.24, 2.45) is 0 Å². The molecule has 1 unspecified atom stereocenters. The van der Waals surface area contributed by atoms with Crippen LogP contribution in [-0.2, 0) is 9.59 Å². The van der Waals surface area contributed by atoms with Crippen molar-refractivity contribution in [2.75, 3.05) is 11.4 Å². The van der Waals surface area contributed by atoms with Crippen molar-refractivity contribution in [1.82, 2.24) is 10.3 Å². The fraction of sp³-hybridized carbons (Fsp3) is 0.267. The van der Waals surface area contributed by atoms with Gasteiger partial charge in [0.1, 0.15) is 6.04 Å². The Hall–Kier alpha value is -2.43. The van der Waals surface area contributed by atoms with E-state index in [1.54, 1.807) is 18.0 Å². The number of amides is 2. The van der Waals surface area contributed by atoms with Gasteiger partial charge in [-0.3, -0.25) is 14.6 Å². The second kappa shape index (κ2) is 4.92. The van der Waals surface area contributed by atoms with Gasteiger partial charge in [0.05, 0.1) is 17.4 Å². The minimum Gasteiger partial charge on any atom is -0.345 e. The molecule has 1 aromatic carbocycles. The smallest absolute Gasteiger partial charge is 0.249 e. The lowest BCUT2D eigenvalue weighted by molar-refractivity contribution is -0.125. The number of fused-ring (bicyclic) bond motifs is 1. The number of pyridine rings is 1. The van der Waals surface area contributed by atoms with E-state index in [1.165, 1.54) is 0 Å². The van der Waals surface area contributed by atoms with E-state index in [4.69, 9.17) is 0 Å². The second-order valence-corrected chi connectivity index (χ2v) is 4.92. The van der Waals surface area contributed by atoms with Crippen LogP contribution in [0.3, 0.4) is 0 Å². The third-order valence-electron chi connectivity index (χ3n) is 3.46. The van der Waals surface area contributed by atoms with E-state index in [-0.39, 0.29) is 11.8 Å². The lowest BCUT2D eigenvalue weighted by atomic mass is 10.2. The molecule has 0 spiro atoms. The molecule has 2 amide bonds. The molecule has 0 saturated carbocycles. The molecule has 1 aliphatic rings. The number of hydrogen-bond donors (Lipinski definition) is 1. The van der Waals surface area contributed by atoms with Gasteiger partial charge in [0, 0.05) is 18.4 Å². The molecule has 0 radical (unpaired) electrons. The Bertz CT molecular complexity index is 684. The number of nitrogens with zero attached hydrogens (tertiary/aromatic N) is 2. The summed E-state index contributed by atoms with van der Waals surface area (Å²) in [6.07, 6.45) is 1.99. The molecule has 1 atom stereocenters. The third kappa shape index (κ3) is 2.22. The number of anilines is 1. The van der Waals surface area contributed by atoms with Gasteiger partial charge in [0.2, 0.25) is 11.8 Å². The van der Waals surface area contributed by atoms with Crippen molar-refractivity contribution in [3.05, 3.63) is 36.5 Å². The molecule has 102 valence electrons. The minimum absolute atomic E-state index is 0.0953. The Morgan fingerprint density at radius 1 is 1.30 bits per heavy atom. The van der Waals surface area contributed by atoms with E-state index < -0.39 is 6.04 Å². The Morgan fingerprint density at radius 3 is 2.95 bits per heavy atom. The number of rotatable bonds is 1. The first-order valence-electron chi connectivity index (χ1n) is 6.61. The molecule has 1 fully saturated rings. The maximum absolute atomic E-state index is 12.3. The van der Waals surface area contributed by atoms with Crippen molar-refractivity contribution >= 4 is 28.4 Å². The molecule has 2 aromatic rings. The van der Waals surface area contributed by atoms with E-state index >= 15 is 0 Å². The van der Waals surface area contributed by atoms with Gasteiger partial charge in [-0.25, -0.2) is 0 Å². The number of para-hydroxylation sites is 1. The molecule has 2 heterocycles. The van der Waals surface area contributed by atoms with E-state index in [0.29, 0.717) is 13.0 Å². The zero-order chi connectivity index (χ0) is 14.1. The molecule has 20 heavy (non-hydrogen) atoms. The van der Waals surface area contributed by atoms with Crippen LogP contribution < -0.4 is 10.2 Å². The van der Waals surface area contributed by atoms with Gasteiger partial charge in [0.25, 0.3) is 0 Å². The minimum atomic E-state index is -0.503. The number of nitrogens with one attached hydrogen (secondary N) is 1. The average molecular weight is 269 g/mol. The van der Waals surface area contributed by atoms with Crippen LogP contribution in [0, 0.1) is 0 Å². The number of benzene rings is 1. The van der Waals surface area contributed by atoms with Gasteiger partial charge in [-0.1, -0.05) is 18.2 Å². The zero-order valence-electron chi connectivity index (χ0n) is 11.2. The fourth-order valence-corrected chi connectivity index (χ4v) is 2.40. The number of hydrogen-bond acceptors (Lipinski definition) is 3. The van der Waals surface area contributed by atoms with Gasteiger partial charge in [-0.2, -0.15) is 0 Å². The number of carbonyl (C=O) groups excluding carboxylic acids is 2. The summed E-state index contributed by atoms with van der Waals surface area (Å²) < 4.78 is 0. The van der Waals surface area contributed by atoms with Crippen molar-refractivity contribution < 1.29 is 9.59 Å². The van der Waals surface area contributed by atoms with Crippen LogP contribution in [0.5, 0.6) is 0 Å². The Morgan fingerprint density at radius 2 is 2.10 bits per heavy atom. The summed E-state index contributed by atoms with van der Waals surface area (Å²) in [5, 5.41) is 3.66. The van der Waals surface area contributed by atoms with E-state index in [9.17, 15) is 9.59 Å². The second-order valence-electron chi connectivity index (χ2n) is 4.92. The molecule has 0 aliphatic carbocycles. The van der Waals surface area contributed by atoms with Gasteiger partial charge in [0.15, 0.2) is 0 Å². The monoisotopic (exact) mass is 269 g/mol. The highest BCUT2D eigenvalue weighted by Gasteiger charge is 2.27. The Kier molecular flexibility index (Phi) is 3.10. The van der Waals surface area contributed by atoms with Gasteiger partial charge in [-0.05, 0) is 19.1 Å². The summed E-state index contributed by atoms with van der Waals surface area (Å²) in [4.78, 5) is 29.8. The van der Waals surface area contributed by atoms with E-state index in [0.717, 1.165) is 16.6 Å². The normalized spacial score (nSPS) is 19.9. The maximum atomic E-state index is 12.3. The van der Waals surface area contributed by atoms with E-state index in [2.05, 4.69) is 10.3 Å². The quantitative estimate of drug-likeness (QED) is 0.853. The largest absolute Gasteiger partial charge is 0.345 e.